The molecule has 0 saturated heterocycles. The van der Waals surface area contributed by atoms with Gasteiger partial charge in [0.25, 0.3) is 0 Å². The van der Waals surface area contributed by atoms with E-state index in [9.17, 15) is 29.7 Å². The van der Waals surface area contributed by atoms with Gasteiger partial charge in [0.2, 0.25) is 5.75 Å². The summed E-state index contributed by atoms with van der Waals surface area (Å²) < 4.78 is 16.1. The lowest BCUT2D eigenvalue weighted by Gasteiger charge is -2.14. The average molecular weight is 536 g/mol. The van der Waals surface area contributed by atoms with E-state index in [-0.39, 0.29) is 29.1 Å². The van der Waals surface area contributed by atoms with Crippen LogP contribution in [0.3, 0.4) is 0 Å². The number of hydrogen-bond donors (Lipinski definition) is 4. The van der Waals surface area contributed by atoms with Crippen molar-refractivity contribution in [1.82, 2.24) is 15.3 Å². The van der Waals surface area contributed by atoms with E-state index in [4.69, 9.17) is 13.9 Å². The molecule has 0 spiro atoms. The molecule has 4 rings (SSSR count). The van der Waals surface area contributed by atoms with Gasteiger partial charge in [-0.1, -0.05) is 0 Å². The fraction of sp³-hybridized carbons (Fsp3) is 0.222. The van der Waals surface area contributed by atoms with Gasteiger partial charge < -0.3 is 34.5 Å². The summed E-state index contributed by atoms with van der Waals surface area (Å²) in [7, 11) is 0. The van der Waals surface area contributed by atoms with Crippen LogP contribution in [0.15, 0.2) is 45.6 Å². The number of aryl methyl sites for hydroxylation is 3. The number of alkyl carbamates (subject to hydrolysis) is 1. The second-order valence-corrected chi connectivity index (χ2v) is 8.76. The first kappa shape index (κ1) is 26.9. The van der Waals surface area contributed by atoms with Crippen molar-refractivity contribution in [3.05, 3.63) is 69.4 Å². The molecule has 2 aromatic heterocycles. The number of nitrogens with zero attached hydrogens (tertiary/aromatic N) is 2. The Kier molecular flexibility index (Phi) is 7.38. The summed E-state index contributed by atoms with van der Waals surface area (Å²) in [6.45, 7) is 6.72. The monoisotopic (exact) mass is 535 g/mol. The Morgan fingerprint density at radius 1 is 0.974 bits per heavy atom. The minimum Gasteiger partial charge on any atom is -0.504 e. The van der Waals surface area contributed by atoms with Crippen LogP contribution in [0.5, 0.6) is 23.0 Å². The van der Waals surface area contributed by atoms with Crippen LogP contribution >= 0.6 is 0 Å². The van der Waals surface area contributed by atoms with E-state index in [2.05, 4.69) is 15.3 Å². The standard InChI is InChI=1S/C27H25N3O9/c1-12-13(2)29-18(14(3)28-12)11-37-27(36)30-15(4)26(35)38-17-7-5-16(6-8-17)21-9-19(31)23-22(39-21)10-20(32)24(33)25(23)34/h5-10,15,32-34H,11H2,1-4H3,(H,30,36)/t15-/m1/s1. The van der Waals surface area contributed by atoms with E-state index in [1.165, 1.54) is 31.2 Å². The van der Waals surface area contributed by atoms with Crippen molar-refractivity contribution < 1.29 is 38.8 Å². The molecule has 0 aliphatic carbocycles. The number of aromatic hydroxyl groups is 3. The van der Waals surface area contributed by atoms with Crippen molar-refractivity contribution in [3.8, 4) is 34.3 Å². The van der Waals surface area contributed by atoms with Crippen molar-refractivity contribution in [2.24, 2.45) is 0 Å². The summed E-state index contributed by atoms with van der Waals surface area (Å²) in [6, 6.07) is 7.05. The van der Waals surface area contributed by atoms with E-state index in [1.807, 2.05) is 6.92 Å². The van der Waals surface area contributed by atoms with Crippen molar-refractivity contribution in [3.63, 3.8) is 0 Å². The van der Waals surface area contributed by atoms with Crippen LogP contribution in [0.25, 0.3) is 22.3 Å². The molecule has 2 heterocycles. The van der Waals surface area contributed by atoms with Gasteiger partial charge >= 0.3 is 12.1 Å². The van der Waals surface area contributed by atoms with Gasteiger partial charge in [-0.3, -0.25) is 14.8 Å². The number of nitrogens with one attached hydrogen (secondary N) is 1. The molecule has 0 saturated carbocycles. The number of aromatic nitrogens is 2. The van der Waals surface area contributed by atoms with Crippen LogP contribution in [-0.2, 0) is 16.1 Å². The third-order valence-electron chi connectivity index (χ3n) is 5.91. The highest BCUT2D eigenvalue weighted by Gasteiger charge is 2.20. The summed E-state index contributed by atoms with van der Waals surface area (Å²) in [5.41, 5.74) is 2.32. The lowest BCUT2D eigenvalue weighted by molar-refractivity contribution is -0.136. The number of carbonyl (C=O) groups is 2. The summed E-state index contributed by atoms with van der Waals surface area (Å²) in [5, 5.41) is 31.4. The number of phenolic OH excluding ortho intramolecular Hbond substituents is 3. The van der Waals surface area contributed by atoms with Crippen molar-refractivity contribution in [2.75, 3.05) is 0 Å². The Labute approximate surface area is 221 Å². The van der Waals surface area contributed by atoms with Crippen LogP contribution in [0.1, 0.15) is 29.7 Å². The van der Waals surface area contributed by atoms with Gasteiger partial charge in [-0.05, 0) is 52.0 Å². The fourth-order valence-electron chi connectivity index (χ4n) is 3.62. The second kappa shape index (κ2) is 10.7. The molecule has 12 heteroatoms. The van der Waals surface area contributed by atoms with Gasteiger partial charge in [0.1, 0.15) is 35.1 Å². The Balaban J connectivity index is 1.38. The summed E-state index contributed by atoms with van der Waals surface area (Å²) in [4.78, 5) is 45.8. The number of fused-ring (bicyclic) bond motifs is 1. The number of carbonyl (C=O) groups excluding carboxylic acids is 2. The minimum atomic E-state index is -1.03. The molecule has 39 heavy (non-hydrogen) atoms. The zero-order valence-electron chi connectivity index (χ0n) is 21.4. The van der Waals surface area contributed by atoms with E-state index in [0.717, 1.165) is 23.5 Å². The van der Waals surface area contributed by atoms with E-state index in [0.29, 0.717) is 17.0 Å². The highest BCUT2D eigenvalue weighted by molar-refractivity contribution is 5.89. The van der Waals surface area contributed by atoms with Gasteiger partial charge in [0.05, 0.1) is 22.8 Å². The predicted octanol–water partition coefficient (Wildman–Crippen LogP) is 3.51. The maximum absolute atomic E-state index is 12.5. The molecule has 0 fully saturated rings. The topological polar surface area (TPSA) is 181 Å². The maximum Gasteiger partial charge on any atom is 0.408 e. The molecule has 0 bridgehead atoms. The van der Waals surface area contributed by atoms with Gasteiger partial charge in [-0.25, -0.2) is 9.59 Å². The third kappa shape index (κ3) is 5.74. The smallest absolute Gasteiger partial charge is 0.408 e. The Morgan fingerprint density at radius 3 is 2.33 bits per heavy atom. The Hall–Kier alpha value is -5.13. The van der Waals surface area contributed by atoms with Crippen LogP contribution in [0, 0.1) is 20.8 Å². The van der Waals surface area contributed by atoms with Gasteiger partial charge in [-0.15, -0.1) is 0 Å². The van der Waals surface area contributed by atoms with Crippen LogP contribution in [-0.4, -0.2) is 43.4 Å². The van der Waals surface area contributed by atoms with Gasteiger partial charge in [0, 0.05) is 17.7 Å². The first-order valence-electron chi connectivity index (χ1n) is 11.7. The summed E-state index contributed by atoms with van der Waals surface area (Å²) >= 11 is 0. The van der Waals surface area contributed by atoms with Crippen molar-refractivity contribution in [1.29, 1.82) is 0 Å². The molecular weight excluding hydrogens is 510 g/mol. The molecular formula is C27H25N3O9. The molecule has 1 atom stereocenters. The zero-order chi connectivity index (χ0) is 28.4. The highest BCUT2D eigenvalue weighted by Crippen LogP contribution is 2.40. The molecule has 0 aliphatic rings. The number of ether oxygens (including phenoxy) is 2. The fourth-order valence-corrected chi connectivity index (χ4v) is 3.62. The van der Waals surface area contributed by atoms with E-state index >= 15 is 0 Å². The van der Waals surface area contributed by atoms with E-state index < -0.39 is 40.8 Å². The number of phenols is 3. The number of rotatable bonds is 6. The lowest BCUT2D eigenvalue weighted by Crippen LogP contribution is -2.41. The predicted molar refractivity (Wildman–Crippen MR) is 138 cm³/mol. The van der Waals surface area contributed by atoms with Crippen LogP contribution in [0.4, 0.5) is 4.79 Å². The number of amides is 1. The van der Waals surface area contributed by atoms with Crippen LogP contribution < -0.4 is 15.5 Å². The third-order valence-corrected chi connectivity index (χ3v) is 5.91. The summed E-state index contributed by atoms with van der Waals surface area (Å²) in [6.07, 6.45) is -0.828. The first-order valence-corrected chi connectivity index (χ1v) is 11.7. The largest absolute Gasteiger partial charge is 0.504 e. The molecule has 0 aliphatic heterocycles. The number of hydrogen-bond acceptors (Lipinski definition) is 11. The first-order chi connectivity index (χ1) is 18.4. The molecule has 1 amide bonds. The van der Waals surface area contributed by atoms with Crippen LogP contribution in [0.2, 0.25) is 0 Å². The zero-order valence-corrected chi connectivity index (χ0v) is 21.4. The Bertz CT molecular complexity index is 1650. The average Bonchev–Trinajstić information content (AvgIpc) is 2.88. The van der Waals surface area contributed by atoms with Gasteiger partial charge in [0.15, 0.2) is 16.9 Å². The number of esters is 1. The molecule has 4 aromatic rings. The molecule has 4 N–H and O–H groups in total. The summed E-state index contributed by atoms with van der Waals surface area (Å²) in [5.74, 6) is -2.73. The van der Waals surface area contributed by atoms with Crippen molar-refractivity contribution in [2.45, 2.75) is 40.3 Å². The van der Waals surface area contributed by atoms with Gasteiger partial charge in [-0.2, -0.15) is 0 Å². The maximum atomic E-state index is 12.5. The second-order valence-electron chi connectivity index (χ2n) is 8.76. The quantitative estimate of drug-likeness (QED) is 0.161. The lowest BCUT2D eigenvalue weighted by atomic mass is 10.1. The molecule has 2 aromatic carbocycles. The normalized spacial score (nSPS) is 11.7. The molecule has 12 nitrogen and oxygen atoms in total. The van der Waals surface area contributed by atoms with Crippen molar-refractivity contribution >= 4 is 23.0 Å². The molecule has 202 valence electrons. The minimum absolute atomic E-state index is 0.108. The molecule has 0 unspecified atom stereocenters. The SMILES string of the molecule is Cc1nc(C)c(COC(=O)N[C@H](C)C(=O)Oc2ccc(-c3cc(=O)c4c(O)c(O)c(O)cc4o3)cc2)nc1C. The van der Waals surface area contributed by atoms with E-state index in [1.54, 1.807) is 13.8 Å². The highest BCUT2D eigenvalue weighted by atomic mass is 16.6. The number of benzene rings is 2. The molecule has 0 radical (unpaired) electrons. The Morgan fingerprint density at radius 2 is 1.64 bits per heavy atom.